The van der Waals surface area contributed by atoms with Crippen LogP contribution in [0.25, 0.3) is 10.1 Å². The summed E-state index contributed by atoms with van der Waals surface area (Å²) in [4.78, 5) is 1.58. The molecule has 20 heavy (non-hydrogen) atoms. The maximum atomic E-state index is 3.58. The van der Waals surface area contributed by atoms with Crippen molar-refractivity contribution < 1.29 is 0 Å². The third-order valence-electron chi connectivity index (χ3n) is 4.42. The molecule has 108 valence electrons. The number of thiophene rings is 1. The first-order valence-corrected chi connectivity index (χ1v) is 8.54. The first-order valence-electron chi connectivity index (χ1n) is 7.72. The van der Waals surface area contributed by atoms with Gasteiger partial charge in [-0.05, 0) is 75.3 Å². The zero-order chi connectivity index (χ0) is 13.8. The maximum Gasteiger partial charge on any atom is 0.0345 e. The van der Waals surface area contributed by atoms with Crippen molar-refractivity contribution >= 4 is 21.4 Å². The summed E-state index contributed by atoms with van der Waals surface area (Å²) in [5, 5.41) is 8.31. The molecule has 3 rings (SSSR count). The third-order valence-corrected chi connectivity index (χ3v) is 5.67. The number of hydrogen-bond acceptors (Lipinski definition) is 3. The highest BCUT2D eigenvalue weighted by Gasteiger charge is 2.25. The molecule has 1 aromatic heterocycles. The second-order valence-corrected chi connectivity index (χ2v) is 6.91. The van der Waals surface area contributed by atoms with Gasteiger partial charge in [0, 0.05) is 9.58 Å². The predicted octanol–water partition coefficient (Wildman–Crippen LogP) is 3.59. The molecule has 2 atom stereocenters. The van der Waals surface area contributed by atoms with Gasteiger partial charge in [-0.25, -0.2) is 0 Å². The Bertz CT molecular complexity index is 510. The molecule has 0 saturated carbocycles. The van der Waals surface area contributed by atoms with Crippen LogP contribution in [-0.4, -0.2) is 26.7 Å². The molecule has 3 heteroatoms. The van der Waals surface area contributed by atoms with Crippen molar-refractivity contribution in [1.29, 1.82) is 0 Å². The van der Waals surface area contributed by atoms with Crippen molar-refractivity contribution in [2.45, 2.75) is 25.2 Å². The molecule has 2 heterocycles. The molecule has 1 aliphatic rings. The smallest absolute Gasteiger partial charge is 0.0345 e. The Balaban J connectivity index is 1.86. The Hall–Kier alpha value is -0.900. The Morgan fingerprint density at radius 3 is 3.05 bits per heavy atom. The van der Waals surface area contributed by atoms with Crippen LogP contribution < -0.4 is 10.6 Å². The highest BCUT2D eigenvalue weighted by atomic mass is 32.1. The third kappa shape index (κ3) is 3.05. The van der Waals surface area contributed by atoms with E-state index >= 15 is 0 Å². The highest BCUT2D eigenvalue weighted by molar-refractivity contribution is 7.19. The number of fused-ring (bicyclic) bond motifs is 1. The quantitative estimate of drug-likeness (QED) is 0.878. The van der Waals surface area contributed by atoms with Gasteiger partial charge >= 0.3 is 0 Å². The predicted molar refractivity (Wildman–Crippen MR) is 88.7 cm³/mol. The number of rotatable bonds is 5. The molecule has 0 bridgehead atoms. The fourth-order valence-corrected chi connectivity index (χ4v) is 4.61. The average molecular weight is 288 g/mol. The van der Waals surface area contributed by atoms with Crippen molar-refractivity contribution in [3.8, 4) is 0 Å². The minimum atomic E-state index is 0.702. The van der Waals surface area contributed by atoms with Gasteiger partial charge in [-0.3, -0.25) is 0 Å². The molecule has 0 radical (unpaired) electrons. The van der Waals surface area contributed by atoms with E-state index < -0.39 is 0 Å². The Morgan fingerprint density at radius 2 is 2.30 bits per heavy atom. The maximum absolute atomic E-state index is 3.58. The Morgan fingerprint density at radius 1 is 1.40 bits per heavy atom. The summed E-state index contributed by atoms with van der Waals surface area (Å²) in [6, 6.07) is 11.2. The van der Waals surface area contributed by atoms with Gasteiger partial charge in [0.15, 0.2) is 0 Å². The van der Waals surface area contributed by atoms with E-state index in [9.17, 15) is 0 Å². The molecule has 1 aromatic carbocycles. The molecule has 1 saturated heterocycles. The fourth-order valence-electron chi connectivity index (χ4n) is 3.32. The van der Waals surface area contributed by atoms with Crippen LogP contribution in [0.1, 0.15) is 30.1 Å². The second kappa shape index (κ2) is 6.70. The lowest BCUT2D eigenvalue weighted by molar-refractivity contribution is 0.313. The van der Waals surface area contributed by atoms with Crippen molar-refractivity contribution in [2.24, 2.45) is 5.92 Å². The lowest BCUT2D eigenvalue weighted by Crippen LogP contribution is -2.34. The normalized spacial score (nSPS) is 21.1. The van der Waals surface area contributed by atoms with Crippen molar-refractivity contribution in [3.05, 3.63) is 35.2 Å². The molecule has 2 aromatic rings. The van der Waals surface area contributed by atoms with E-state index in [1.807, 2.05) is 11.3 Å². The summed E-state index contributed by atoms with van der Waals surface area (Å²) < 4.78 is 1.43. The molecule has 2 N–H and O–H groups in total. The molecular formula is C17H24N2S. The van der Waals surface area contributed by atoms with Crippen molar-refractivity contribution in [2.75, 3.05) is 26.7 Å². The Labute approximate surface area is 125 Å². The van der Waals surface area contributed by atoms with E-state index in [-0.39, 0.29) is 0 Å². The van der Waals surface area contributed by atoms with E-state index in [0.717, 1.165) is 12.5 Å². The standard InChI is InChI=1S/C17H24N2S/c1-18-10-8-15(14-6-4-9-19-12-14)17-11-13-5-2-3-7-16(13)20-17/h2-3,5,7,11,14-15,18-19H,4,6,8-10,12H2,1H3. The Kier molecular flexibility index (Phi) is 4.71. The highest BCUT2D eigenvalue weighted by Crippen LogP contribution is 2.38. The lowest BCUT2D eigenvalue weighted by atomic mass is 9.83. The molecule has 1 fully saturated rings. The van der Waals surface area contributed by atoms with Gasteiger partial charge in [0.2, 0.25) is 0 Å². The summed E-state index contributed by atoms with van der Waals surface area (Å²) in [6.07, 6.45) is 3.94. The number of benzene rings is 1. The van der Waals surface area contributed by atoms with E-state index in [0.29, 0.717) is 5.92 Å². The zero-order valence-electron chi connectivity index (χ0n) is 12.2. The summed E-state index contributed by atoms with van der Waals surface area (Å²) in [7, 11) is 2.06. The fraction of sp³-hybridized carbons (Fsp3) is 0.529. The van der Waals surface area contributed by atoms with Gasteiger partial charge in [0.25, 0.3) is 0 Å². The van der Waals surface area contributed by atoms with Gasteiger partial charge in [-0.2, -0.15) is 0 Å². The van der Waals surface area contributed by atoms with Gasteiger partial charge in [0.05, 0.1) is 0 Å². The largest absolute Gasteiger partial charge is 0.320 e. The first-order chi connectivity index (χ1) is 9.88. The van der Waals surface area contributed by atoms with E-state index in [2.05, 4.69) is 48.0 Å². The van der Waals surface area contributed by atoms with Crippen LogP contribution in [0.15, 0.2) is 30.3 Å². The van der Waals surface area contributed by atoms with E-state index in [4.69, 9.17) is 0 Å². The molecular weight excluding hydrogens is 264 g/mol. The second-order valence-electron chi connectivity index (χ2n) is 5.79. The molecule has 1 aliphatic heterocycles. The molecule has 0 aliphatic carbocycles. The molecule has 0 amide bonds. The summed E-state index contributed by atoms with van der Waals surface area (Å²) >= 11 is 1.99. The average Bonchev–Trinajstić information content (AvgIpc) is 2.92. The van der Waals surface area contributed by atoms with Gasteiger partial charge in [-0.15, -0.1) is 11.3 Å². The number of hydrogen-bond donors (Lipinski definition) is 2. The minimum Gasteiger partial charge on any atom is -0.320 e. The van der Waals surface area contributed by atoms with Crippen LogP contribution in [0.5, 0.6) is 0 Å². The van der Waals surface area contributed by atoms with Crippen LogP contribution in [0, 0.1) is 5.92 Å². The van der Waals surface area contributed by atoms with Gasteiger partial charge in [0.1, 0.15) is 0 Å². The number of piperidine rings is 1. The van der Waals surface area contributed by atoms with E-state index in [1.54, 1.807) is 4.88 Å². The van der Waals surface area contributed by atoms with Crippen molar-refractivity contribution in [1.82, 2.24) is 10.6 Å². The van der Waals surface area contributed by atoms with Crippen LogP contribution in [-0.2, 0) is 0 Å². The van der Waals surface area contributed by atoms with E-state index in [1.165, 1.54) is 42.4 Å². The first kappa shape index (κ1) is 14.1. The SMILES string of the molecule is CNCCC(c1cc2ccccc2s1)C1CCCNC1. The summed E-state index contributed by atoms with van der Waals surface area (Å²) in [5.74, 6) is 1.50. The van der Waals surface area contributed by atoms with Crippen LogP contribution in [0.4, 0.5) is 0 Å². The lowest BCUT2D eigenvalue weighted by Gasteiger charge is -2.30. The minimum absolute atomic E-state index is 0.702. The van der Waals surface area contributed by atoms with Crippen LogP contribution >= 0.6 is 11.3 Å². The topological polar surface area (TPSA) is 24.1 Å². The molecule has 0 spiro atoms. The van der Waals surface area contributed by atoms with Crippen LogP contribution in [0.3, 0.4) is 0 Å². The number of nitrogens with one attached hydrogen (secondary N) is 2. The van der Waals surface area contributed by atoms with Gasteiger partial charge < -0.3 is 10.6 Å². The molecule has 2 nitrogen and oxygen atoms in total. The summed E-state index contributed by atoms with van der Waals surface area (Å²) in [5.41, 5.74) is 0. The monoisotopic (exact) mass is 288 g/mol. The van der Waals surface area contributed by atoms with Crippen molar-refractivity contribution in [3.63, 3.8) is 0 Å². The zero-order valence-corrected chi connectivity index (χ0v) is 13.0. The molecule has 2 unspecified atom stereocenters. The van der Waals surface area contributed by atoms with Gasteiger partial charge in [-0.1, -0.05) is 18.2 Å². The summed E-state index contributed by atoms with van der Waals surface area (Å²) in [6.45, 7) is 3.49. The van der Waals surface area contributed by atoms with Crippen LogP contribution in [0.2, 0.25) is 0 Å².